The van der Waals surface area contributed by atoms with Crippen LogP contribution in [0.25, 0.3) is 5.76 Å². The number of carbonyl (C=O) groups is 2. The number of benzene rings is 2. The van der Waals surface area contributed by atoms with Crippen LogP contribution in [0.15, 0.2) is 54.6 Å². The maximum atomic E-state index is 13.4. The number of aromatic nitrogens is 2. The number of aliphatic hydroxyl groups excluding tert-OH is 1. The average molecular weight is 522 g/mol. The molecule has 1 aromatic heterocycles. The highest BCUT2D eigenvalue weighted by Crippen LogP contribution is 2.46. The number of carbonyl (C=O) groups excluding carboxylic acids is 2. The number of rotatable bonds is 9. The van der Waals surface area contributed by atoms with Gasteiger partial charge in [-0.1, -0.05) is 0 Å². The van der Waals surface area contributed by atoms with Gasteiger partial charge in [0.05, 0.1) is 39.3 Å². The van der Waals surface area contributed by atoms with Crippen molar-refractivity contribution in [2.75, 3.05) is 34.7 Å². The molecule has 3 heterocycles. The first-order valence-electron chi connectivity index (χ1n) is 11.9. The van der Waals surface area contributed by atoms with Crippen molar-refractivity contribution in [3.63, 3.8) is 0 Å². The number of fused-ring (bicyclic) bond motifs is 1. The van der Waals surface area contributed by atoms with Crippen molar-refractivity contribution in [1.29, 1.82) is 0 Å². The highest BCUT2D eigenvalue weighted by atomic mass is 16.7. The molecule has 3 aromatic rings. The van der Waals surface area contributed by atoms with Gasteiger partial charge in [-0.2, -0.15) is 0 Å². The van der Waals surface area contributed by atoms with Crippen LogP contribution in [0.3, 0.4) is 0 Å². The fraction of sp³-hybridized carbons (Fsp3) is 0.296. The van der Waals surface area contributed by atoms with Crippen molar-refractivity contribution in [2.45, 2.75) is 19.0 Å². The number of imidazole rings is 1. The molecule has 0 radical (unpaired) electrons. The van der Waals surface area contributed by atoms with Crippen LogP contribution in [-0.4, -0.2) is 65.9 Å². The summed E-state index contributed by atoms with van der Waals surface area (Å²) in [5.41, 5.74) is 0.789. The fourth-order valence-electron chi connectivity index (χ4n) is 4.76. The van der Waals surface area contributed by atoms with Gasteiger partial charge in [0.2, 0.25) is 12.5 Å². The molecule has 0 spiro atoms. The Hall–Kier alpha value is -4.67. The van der Waals surface area contributed by atoms with Crippen molar-refractivity contribution in [3.8, 4) is 28.7 Å². The Morgan fingerprint density at radius 1 is 1.03 bits per heavy atom. The molecular formula is C27H27N3O8. The van der Waals surface area contributed by atoms with Crippen molar-refractivity contribution in [1.82, 2.24) is 14.5 Å². The number of ether oxygens (including phenoxy) is 5. The van der Waals surface area contributed by atoms with Gasteiger partial charge in [-0.05, 0) is 42.3 Å². The third kappa shape index (κ3) is 4.36. The minimum absolute atomic E-state index is 0.0502. The lowest BCUT2D eigenvalue weighted by Gasteiger charge is -2.26. The van der Waals surface area contributed by atoms with E-state index < -0.39 is 17.7 Å². The molecule has 0 aliphatic carbocycles. The number of hydrogen-bond donors (Lipinski definition) is 1. The summed E-state index contributed by atoms with van der Waals surface area (Å²) in [5, 5.41) is 11.4. The minimum Gasteiger partial charge on any atom is -0.507 e. The topological polar surface area (TPSA) is 122 Å². The Balaban J connectivity index is 1.61. The third-order valence-electron chi connectivity index (χ3n) is 6.56. The van der Waals surface area contributed by atoms with Gasteiger partial charge in [0.25, 0.3) is 11.7 Å². The molecule has 38 heavy (non-hydrogen) atoms. The SMILES string of the molecule is COc1cc(C2/C(=C(\O)c3ccc4c(c3)OCO4)C(=O)C(=O)N2CCCn2ccnc2)cc(OC)c1OC. The summed E-state index contributed by atoms with van der Waals surface area (Å²) in [6.45, 7) is 0.904. The monoisotopic (exact) mass is 521 g/mol. The standard InChI is InChI=1S/C27H27N3O8/c1-34-20-12-17(13-21(35-2)26(20)36-3)23-22(24(31)16-5-6-18-19(11-16)38-15-37-18)25(32)27(33)30(23)9-4-8-29-10-7-28-14-29/h5-7,10-14,23,31H,4,8-9,15H2,1-3H3/b24-22+. The van der Waals surface area contributed by atoms with Gasteiger partial charge in [0.1, 0.15) is 5.76 Å². The highest BCUT2D eigenvalue weighted by Gasteiger charge is 2.46. The van der Waals surface area contributed by atoms with Gasteiger partial charge < -0.3 is 38.3 Å². The van der Waals surface area contributed by atoms with Crippen molar-refractivity contribution in [2.24, 2.45) is 0 Å². The lowest BCUT2D eigenvalue weighted by molar-refractivity contribution is -0.139. The molecule has 1 fully saturated rings. The number of nitrogens with zero attached hydrogens (tertiary/aromatic N) is 3. The van der Waals surface area contributed by atoms with Crippen molar-refractivity contribution in [3.05, 3.63) is 65.8 Å². The van der Waals surface area contributed by atoms with E-state index in [4.69, 9.17) is 23.7 Å². The molecule has 0 bridgehead atoms. The van der Waals surface area contributed by atoms with E-state index in [0.717, 1.165) is 0 Å². The average Bonchev–Trinajstić information content (AvgIpc) is 3.68. The van der Waals surface area contributed by atoms with Crippen LogP contribution < -0.4 is 23.7 Å². The van der Waals surface area contributed by atoms with Crippen LogP contribution in [0.4, 0.5) is 0 Å². The lowest BCUT2D eigenvalue weighted by Crippen LogP contribution is -2.31. The molecule has 0 saturated carbocycles. The first kappa shape index (κ1) is 25.0. The summed E-state index contributed by atoms with van der Waals surface area (Å²) in [6, 6.07) is 7.28. The number of ketones is 1. The second kappa shape index (κ2) is 10.4. The first-order valence-corrected chi connectivity index (χ1v) is 11.9. The maximum absolute atomic E-state index is 13.4. The summed E-state index contributed by atoms with van der Waals surface area (Å²) in [7, 11) is 4.45. The van der Waals surface area contributed by atoms with E-state index in [2.05, 4.69) is 4.98 Å². The molecule has 5 rings (SSSR count). The number of aryl methyl sites for hydroxylation is 1. The van der Waals surface area contributed by atoms with Crippen LogP contribution in [0.2, 0.25) is 0 Å². The number of methoxy groups -OCH3 is 3. The fourth-order valence-corrected chi connectivity index (χ4v) is 4.76. The molecule has 11 heteroatoms. The summed E-state index contributed by atoms with van der Waals surface area (Å²) in [4.78, 5) is 32.2. The van der Waals surface area contributed by atoms with Gasteiger partial charge in [-0.3, -0.25) is 9.59 Å². The van der Waals surface area contributed by atoms with E-state index in [-0.39, 0.29) is 24.7 Å². The van der Waals surface area contributed by atoms with Crippen molar-refractivity contribution >= 4 is 17.4 Å². The van der Waals surface area contributed by atoms with Crippen LogP contribution >= 0.6 is 0 Å². The summed E-state index contributed by atoms with van der Waals surface area (Å²) in [6.07, 6.45) is 5.73. The molecule has 1 atom stereocenters. The summed E-state index contributed by atoms with van der Waals surface area (Å²) >= 11 is 0. The largest absolute Gasteiger partial charge is 0.507 e. The van der Waals surface area contributed by atoms with Gasteiger partial charge in [0, 0.05) is 31.0 Å². The Labute approximate surface area is 218 Å². The number of amides is 1. The molecule has 1 amide bonds. The van der Waals surface area contributed by atoms with E-state index >= 15 is 0 Å². The number of aliphatic hydroxyl groups is 1. The molecule has 11 nitrogen and oxygen atoms in total. The summed E-state index contributed by atoms with van der Waals surface area (Å²) < 4.78 is 29.2. The number of Topliss-reactive ketones (excluding diaryl/α,β-unsaturated/α-hetero) is 1. The molecular weight excluding hydrogens is 494 g/mol. The molecule has 198 valence electrons. The molecule has 1 saturated heterocycles. The van der Waals surface area contributed by atoms with E-state index in [1.54, 1.807) is 42.9 Å². The summed E-state index contributed by atoms with van der Waals surface area (Å²) in [5.74, 6) is 0.223. The van der Waals surface area contributed by atoms with Crippen molar-refractivity contribution < 1.29 is 38.4 Å². The smallest absolute Gasteiger partial charge is 0.295 e. The van der Waals surface area contributed by atoms with Crippen LogP contribution in [0.5, 0.6) is 28.7 Å². The maximum Gasteiger partial charge on any atom is 0.295 e. The number of likely N-dealkylation sites (tertiary alicyclic amines) is 1. The zero-order chi connectivity index (χ0) is 26.8. The number of hydrogen-bond acceptors (Lipinski definition) is 9. The zero-order valence-electron chi connectivity index (χ0n) is 21.2. The molecule has 2 aliphatic rings. The Morgan fingerprint density at radius 3 is 2.42 bits per heavy atom. The van der Waals surface area contributed by atoms with Gasteiger partial charge in [0.15, 0.2) is 23.0 Å². The van der Waals surface area contributed by atoms with Gasteiger partial charge in [-0.15, -0.1) is 0 Å². The highest BCUT2D eigenvalue weighted by molar-refractivity contribution is 6.46. The minimum atomic E-state index is -0.906. The molecule has 2 aromatic carbocycles. The quantitative estimate of drug-likeness (QED) is 0.257. The second-order valence-corrected chi connectivity index (χ2v) is 8.67. The van der Waals surface area contributed by atoms with Gasteiger partial charge in [-0.25, -0.2) is 4.98 Å². The van der Waals surface area contributed by atoms with E-state index in [1.807, 2.05) is 10.8 Å². The Bertz CT molecular complexity index is 1370. The normalized spacial score (nSPS) is 17.7. The predicted molar refractivity (Wildman–Crippen MR) is 135 cm³/mol. The molecule has 1 N–H and O–H groups in total. The Kier molecular flexibility index (Phi) is 6.82. The van der Waals surface area contributed by atoms with Crippen LogP contribution in [-0.2, 0) is 16.1 Å². The zero-order valence-corrected chi connectivity index (χ0v) is 21.2. The van der Waals surface area contributed by atoms with E-state index in [0.29, 0.717) is 52.8 Å². The van der Waals surface area contributed by atoms with Crippen LogP contribution in [0.1, 0.15) is 23.6 Å². The third-order valence-corrected chi connectivity index (χ3v) is 6.56. The lowest BCUT2D eigenvalue weighted by atomic mass is 9.94. The first-order chi connectivity index (χ1) is 18.5. The second-order valence-electron chi connectivity index (χ2n) is 8.67. The van der Waals surface area contributed by atoms with E-state index in [1.165, 1.54) is 26.2 Å². The molecule has 1 unspecified atom stereocenters. The van der Waals surface area contributed by atoms with Gasteiger partial charge >= 0.3 is 0 Å². The molecule has 2 aliphatic heterocycles. The van der Waals surface area contributed by atoms with Crippen LogP contribution in [0, 0.1) is 0 Å². The van der Waals surface area contributed by atoms with E-state index in [9.17, 15) is 14.7 Å². The Morgan fingerprint density at radius 2 is 1.76 bits per heavy atom. The predicted octanol–water partition coefficient (Wildman–Crippen LogP) is 3.15.